The number of hydrogen-bond acceptors (Lipinski definition) is 6. The lowest BCUT2D eigenvalue weighted by molar-refractivity contribution is -0.131. The van der Waals surface area contributed by atoms with Crippen molar-refractivity contribution < 1.29 is 14.6 Å². The Kier molecular flexibility index (Phi) is 5.24. The zero-order chi connectivity index (χ0) is 22.1. The number of carboxylic acids is 1. The maximum atomic E-state index is 11.3. The quantitative estimate of drug-likeness (QED) is 0.480. The highest BCUT2D eigenvalue weighted by Gasteiger charge is 2.25. The fourth-order valence-electron chi connectivity index (χ4n) is 4.07. The molecule has 5 heterocycles. The first-order valence-corrected chi connectivity index (χ1v) is 10.5. The van der Waals surface area contributed by atoms with Gasteiger partial charge in [-0.1, -0.05) is 6.07 Å². The second-order valence-electron chi connectivity index (χ2n) is 7.67. The molecule has 1 atom stereocenters. The Hall–Kier alpha value is -3.85. The van der Waals surface area contributed by atoms with E-state index in [0.29, 0.717) is 17.9 Å². The maximum absolute atomic E-state index is 11.3. The van der Waals surface area contributed by atoms with Gasteiger partial charge in [0.25, 0.3) is 0 Å². The Balaban J connectivity index is 1.75. The van der Waals surface area contributed by atoms with Crippen molar-refractivity contribution in [1.82, 2.24) is 29.4 Å². The SMILES string of the molecule is Cc1cccc(-c2c(-c3ccc4ncnn4c3/C=C/C(=O)O)cnn2C2CCCCO2)n1. The van der Waals surface area contributed by atoms with Crippen LogP contribution in [0, 0.1) is 6.92 Å². The first-order valence-electron chi connectivity index (χ1n) is 10.5. The summed E-state index contributed by atoms with van der Waals surface area (Å²) in [5.74, 6) is -1.04. The maximum Gasteiger partial charge on any atom is 0.328 e. The molecule has 0 spiro atoms. The number of aliphatic carboxylic acids is 1. The summed E-state index contributed by atoms with van der Waals surface area (Å²) in [6.07, 6.45) is 8.65. The number of carboxylic acid groups (broad SMARTS) is 1. The zero-order valence-electron chi connectivity index (χ0n) is 17.5. The number of ether oxygens (including phenoxy) is 1. The van der Waals surface area contributed by atoms with Crippen LogP contribution >= 0.6 is 0 Å². The van der Waals surface area contributed by atoms with Gasteiger partial charge in [-0.05, 0) is 56.5 Å². The molecule has 0 aliphatic carbocycles. The average molecular weight is 430 g/mol. The standard InChI is InChI=1S/C23H22N6O3/c1-15-5-4-6-18(27-15)23-17(13-25-29(23)21-7-2-3-12-32-21)16-8-10-20-24-14-26-28(20)19(16)9-11-22(30)31/h4-6,8-11,13-14,21H,2-3,7,12H2,1H3,(H,30,31)/b11-9+. The van der Waals surface area contributed by atoms with Gasteiger partial charge in [0.05, 0.1) is 23.3 Å². The molecule has 0 amide bonds. The minimum atomic E-state index is -1.04. The summed E-state index contributed by atoms with van der Waals surface area (Å²) in [6.45, 7) is 2.64. The number of hydrogen-bond donors (Lipinski definition) is 1. The first kappa shape index (κ1) is 20.1. The summed E-state index contributed by atoms with van der Waals surface area (Å²) in [5, 5.41) is 18.2. The van der Waals surface area contributed by atoms with Crippen LogP contribution in [0.2, 0.25) is 0 Å². The fraction of sp³-hybridized carbons (Fsp3) is 0.261. The molecule has 1 saturated heterocycles. The van der Waals surface area contributed by atoms with Gasteiger partial charge in [-0.15, -0.1) is 0 Å². The Morgan fingerprint density at radius 1 is 1.19 bits per heavy atom. The largest absolute Gasteiger partial charge is 0.478 e. The third-order valence-electron chi connectivity index (χ3n) is 5.51. The summed E-state index contributed by atoms with van der Waals surface area (Å²) in [5.41, 5.74) is 5.31. The lowest BCUT2D eigenvalue weighted by Crippen LogP contribution is -2.20. The van der Waals surface area contributed by atoms with Crippen molar-refractivity contribution in [3.63, 3.8) is 0 Å². The van der Waals surface area contributed by atoms with Crippen LogP contribution in [0.25, 0.3) is 34.2 Å². The van der Waals surface area contributed by atoms with E-state index in [1.807, 2.05) is 41.9 Å². The summed E-state index contributed by atoms with van der Waals surface area (Å²) < 4.78 is 9.54. The van der Waals surface area contributed by atoms with E-state index in [9.17, 15) is 9.90 Å². The number of aryl methyl sites for hydroxylation is 1. The van der Waals surface area contributed by atoms with Crippen LogP contribution in [0.3, 0.4) is 0 Å². The fourth-order valence-corrected chi connectivity index (χ4v) is 4.07. The lowest BCUT2D eigenvalue weighted by Gasteiger charge is -2.25. The molecule has 1 aliphatic heterocycles. The minimum absolute atomic E-state index is 0.178. The highest BCUT2D eigenvalue weighted by atomic mass is 16.5. The predicted molar refractivity (Wildman–Crippen MR) is 118 cm³/mol. The van der Waals surface area contributed by atoms with Gasteiger partial charge >= 0.3 is 5.97 Å². The monoisotopic (exact) mass is 430 g/mol. The first-order chi connectivity index (χ1) is 15.6. The third kappa shape index (κ3) is 3.67. The van der Waals surface area contributed by atoms with E-state index in [0.717, 1.165) is 53.5 Å². The van der Waals surface area contributed by atoms with E-state index in [-0.39, 0.29) is 6.23 Å². The van der Waals surface area contributed by atoms with Crippen molar-refractivity contribution in [2.75, 3.05) is 6.61 Å². The summed E-state index contributed by atoms with van der Waals surface area (Å²) in [6, 6.07) is 9.62. The van der Waals surface area contributed by atoms with Gasteiger partial charge in [0.15, 0.2) is 11.9 Å². The topological polar surface area (TPSA) is 107 Å². The molecule has 0 aromatic carbocycles. The van der Waals surface area contributed by atoms with E-state index in [1.54, 1.807) is 10.7 Å². The average Bonchev–Trinajstić information content (AvgIpc) is 3.45. The number of fused-ring (bicyclic) bond motifs is 1. The van der Waals surface area contributed by atoms with E-state index in [4.69, 9.17) is 14.8 Å². The molecule has 9 nitrogen and oxygen atoms in total. The molecule has 1 aliphatic rings. The van der Waals surface area contributed by atoms with Crippen LogP contribution < -0.4 is 0 Å². The van der Waals surface area contributed by atoms with Gasteiger partial charge in [0, 0.05) is 29.5 Å². The summed E-state index contributed by atoms with van der Waals surface area (Å²) >= 11 is 0. The molecule has 0 saturated carbocycles. The van der Waals surface area contributed by atoms with Crippen LogP contribution in [-0.4, -0.2) is 47.0 Å². The van der Waals surface area contributed by atoms with Gasteiger partial charge in [0.2, 0.25) is 0 Å². The number of nitrogens with zero attached hydrogens (tertiary/aromatic N) is 6. The van der Waals surface area contributed by atoms with Crippen LogP contribution in [0.15, 0.2) is 48.9 Å². The Morgan fingerprint density at radius 3 is 2.88 bits per heavy atom. The minimum Gasteiger partial charge on any atom is -0.478 e. The molecule has 4 aromatic heterocycles. The second-order valence-corrected chi connectivity index (χ2v) is 7.67. The van der Waals surface area contributed by atoms with Crippen LogP contribution in [-0.2, 0) is 9.53 Å². The predicted octanol–water partition coefficient (Wildman–Crippen LogP) is 3.76. The number of rotatable bonds is 5. The van der Waals surface area contributed by atoms with Crippen molar-refractivity contribution in [2.45, 2.75) is 32.4 Å². The lowest BCUT2D eigenvalue weighted by atomic mass is 10.0. The zero-order valence-corrected chi connectivity index (χ0v) is 17.5. The van der Waals surface area contributed by atoms with Gasteiger partial charge in [-0.25, -0.2) is 19.0 Å². The van der Waals surface area contributed by atoms with Gasteiger partial charge in [0.1, 0.15) is 6.33 Å². The molecular weight excluding hydrogens is 408 g/mol. The van der Waals surface area contributed by atoms with Gasteiger partial charge in [-0.2, -0.15) is 10.2 Å². The third-order valence-corrected chi connectivity index (χ3v) is 5.51. The molecule has 1 fully saturated rings. The molecule has 0 bridgehead atoms. The van der Waals surface area contributed by atoms with Crippen molar-refractivity contribution in [3.05, 3.63) is 60.3 Å². The van der Waals surface area contributed by atoms with Crippen molar-refractivity contribution in [3.8, 4) is 22.5 Å². The van der Waals surface area contributed by atoms with Crippen molar-refractivity contribution in [1.29, 1.82) is 0 Å². The molecule has 0 radical (unpaired) electrons. The normalized spacial score (nSPS) is 16.7. The summed E-state index contributed by atoms with van der Waals surface area (Å²) in [7, 11) is 0. The molecule has 162 valence electrons. The Bertz CT molecular complexity index is 1320. The molecule has 4 aromatic rings. The second kappa shape index (κ2) is 8.35. The number of carbonyl (C=O) groups is 1. The Morgan fingerprint density at radius 2 is 2.09 bits per heavy atom. The van der Waals surface area contributed by atoms with E-state index >= 15 is 0 Å². The van der Waals surface area contributed by atoms with Crippen molar-refractivity contribution in [2.24, 2.45) is 0 Å². The molecule has 9 heteroatoms. The van der Waals surface area contributed by atoms with Crippen LogP contribution in [0.4, 0.5) is 0 Å². The van der Waals surface area contributed by atoms with E-state index < -0.39 is 5.97 Å². The number of aromatic nitrogens is 6. The molecule has 32 heavy (non-hydrogen) atoms. The van der Waals surface area contributed by atoms with Gasteiger partial charge < -0.3 is 9.84 Å². The highest BCUT2D eigenvalue weighted by Crippen LogP contribution is 2.37. The van der Waals surface area contributed by atoms with Crippen molar-refractivity contribution >= 4 is 17.7 Å². The molecule has 5 rings (SSSR count). The Labute approximate surface area is 184 Å². The smallest absolute Gasteiger partial charge is 0.328 e. The molecular formula is C23H22N6O3. The number of pyridine rings is 2. The van der Waals surface area contributed by atoms with E-state index in [1.165, 1.54) is 12.4 Å². The van der Waals surface area contributed by atoms with Crippen LogP contribution in [0.1, 0.15) is 36.9 Å². The van der Waals surface area contributed by atoms with Gasteiger partial charge in [-0.3, -0.25) is 4.98 Å². The highest BCUT2D eigenvalue weighted by molar-refractivity contribution is 5.89. The van der Waals surface area contributed by atoms with Crippen LogP contribution in [0.5, 0.6) is 0 Å². The van der Waals surface area contributed by atoms with E-state index in [2.05, 4.69) is 10.1 Å². The molecule has 1 N–H and O–H groups in total. The summed E-state index contributed by atoms with van der Waals surface area (Å²) in [4.78, 5) is 20.2. The molecule has 1 unspecified atom stereocenters.